The summed E-state index contributed by atoms with van der Waals surface area (Å²) < 4.78 is 2.07. The quantitative estimate of drug-likeness (QED) is 0.375. The van der Waals surface area contributed by atoms with Crippen molar-refractivity contribution in [1.29, 1.82) is 0 Å². The van der Waals surface area contributed by atoms with E-state index >= 15 is 0 Å². The summed E-state index contributed by atoms with van der Waals surface area (Å²) in [4.78, 5) is 24.4. The van der Waals surface area contributed by atoms with Crippen LogP contribution in [0.2, 0.25) is 0 Å². The van der Waals surface area contributed by atoms with Crippen LogP contribution in [0.15, 0.2) is 53.7 Å². The third-order valence-electron chi connectivity index (χ3n) is 5.89. The van der Waals surface area contributed by atoms with Crippen LogP contribution in [0.25, 0.3) is 17.1 Å². The zero-order valence-electron chi connectivity index (χ0n) is 19.7. The highest BCUT2D eigenvalue weighted by Crippen LogP contribution is 2.29. The van der Waals surface area contributed by atoms with Crippen LogP contribution in [0, 0.1) is 13.8 Å². The maximum absolute atomic E-state index is 12.4. The summed E-state index contributed by atoms with van der Waals surface area (Å²) in [5, 5.41) is 15.5. The lowest BCUT2D eigenvalue weighted by atomic mass is 10.1. The van der Waals surface area contributed by atoms with Crippen molar-refractivity contribution in [2.75, 3.05) is 12.3 Å². The first-order chi connectivity index (χ1) is 16.5. The molecular formula is C26H31N5O2S. The van der Waals surface area contributed by atoms with Crippen molar-refractivity contribution in [1.82, 2.24) is 25.4 Å². The number of aromatic nitrogens is 3. The Labute approximate surface area is 204 Å². The lowest BCUT2D eigenvalue weighted by Gasteiger charge is -2.15. The highest BCUT2D eigenvalue weighted by atomic mass is 32.2. The third-order valence-corrected chi connectivity index (χ3v) is 6.90. The molecule has 4 rings (SSSR count). The largest absolute Gasteiger partial charge is 0.354 e. The smallest absolute Gasteiger partial charge is 0.242 e. The van der Waals surface area contributed by atoms with Crippen LogP contribution in [0.3, 0.4) is 0 Å². The Morgan fingerprint density at radius 3 is 2.50 bits per heavy atom. The molecule has 1 saturated heterocycles. The molecule has 0 aliphatic carbocycles. The molecule has 34 heavy (non-hydrogen) atoms. The van der Waals surface area contributed by atoms with Gasteiger partial charge in [0.1, 0.15) is 6.04 Å². The van der Waals surface area contributed by atoms with E-state index in [1.807, 2.05) is 0 Å². The van der Waals surface area contributed by atoms with Gasteiger partial charge in [-0.15, -0.1) is 10.2 Å². The molecule has 1 fully saturated rings. The normalized spacial score (nSPS) is 16.1. The molecule has 1 unspecified atom stereocenters. The summed E-state index contributed by atoms with van der Waals surface area (Å²) in [7, 11) is 0. The Morgan fingerprint density at radius 2 is 1.76 bits per heavy atom. The van der Waals surface area contributed by atoms with Gasteiger partial charge < -0.3 is 10.6 Å². The Hall–Kier alpha value is -3.13. The number of aryl methyl sites for hydroxylation is 2. The number of nitrogens with zero attached hydrogens (tertiary/aromatic N) is 3. The number of carbonyl (C=O) groups is 2. The molecule has 3 aromatic rings. The average Bonchev–Trinajstić information content (AvgIpc) is 3.14. The molecule has 2 aromatic carbocycles. The molecule has 0 bridgehead atoms. The number of nitrogens with one attached hydrogen (secondary N) is 2. The molecule has 2 N–H and O–H groups in total. The molecule has 8 heteroatoms. The van der Waals surface area contributed by atoms with Gasteiger partial charge in [0.25, 0.3) is 0 Å². The summed E-state index contributed by atoms with van der Waals surface area (Å²) >= 11 is 1.59. The number of amides is 2. The monoisotopic (exact) mass is 477 g/mol. The molecule has 0 radical (unpaired) electrons. The predicted molar refractivity (Wildman–Crippen MR) is 135 cm³/mol. The number of hydrogen-bond acceptors (Lipinski definition) is 5. The van der Waals surface area contributed by atoms with E-state index in [9.17, 15) is 9.59 Å². The second-order valence-electron chi connectivity index (χ2n) is 8.70. The fraction of sp³-hybridized carbons (Fsp3) is 0.385. The van der Waals surface area contributed by atoms with E-state index in [0.29, 0.717) is 25.8 Å². The maximum atomic E-state index is 12.4. The number of carbonyl (C=O) groups excluding carboxylic acids is 2. The molecule has 2 amide bonds. The second kappa shape index (κ2) is 11.3. The standard InChI is InChI=1S/C26H31N5O2S/c1-18-8-12-20(13-9-18)24-29-30-26(31(24)21-14-10-19(2)11-15-21)34-17-5-7-23(32)28-22-6-3-4-16-27-25(22)33/h8-15,22H,3-7,16-17H2,1-2H3,(H,27,33)(H,28,32). The van der Waals surface area contributed by atoms with Crippen LogP contribution in [0.1, 0.15) is 43.2 Å². The van der Waals surface area contributed by atoms with Gasteiger partial charge in [0.2, 0.25) is 11.8 Å². The van der Waals surface area contributed by atoms with E-state index in [1.54, 1.807) is 11.8 Å². The molecule has 7 nitrogen and oxygen atoms in total. The lowest BCUT2D eigenvalue weighted by Crippen LogP contribution is -2.45. The van der Waals surface area contributed by atoms with E-state index in [0.717, 1.165) is 40.8 Å². The number of rotatable bonds is 8. The van der Waals surface area contributed by atoms with Crippen molar-refractivity contribution in [3.05, 3.63) is 59.7 Å². The van der Waals surface area contributed by atoms with Crippen LogP contribution >= 0.6 is 11.8 Å². The Balaban J connectivity index is 1.41. The third kappa shape index (κ3) is 6.05. The average molecular weight is 478 g/mol. The van der Waals surface area contributed by atoms with Crippen molar-refractivity contribution < 1.29 is 9.59 Å². The minimum absolute atomic E-state index is 0.0740. The summed E-state index contributed by atoms with van der Waals surface area (Å²) in [6.45, 7) is 4.82. The number of benzene rings is 2. The molecule has 178 valence electrons. The Morgan fingerprint density at radius 1 is 1.06 bits per heavy atom. The van der Waals surface area contributed by atoms with Gasteiger partial charge in [0.05, 0.1) is 0 Å². The Bertz CT molecular complexity index is 1130. The van der Waals surface area contributed by atoms with Crippen LogP contribution in [0.5, 0.6) is 0 Å². The van der Waals surface area contributed by atoms with Crippen molar-refractivity contribution in [2.24, 2.45) is 0 Å². The molecule has 0 saturated carbocycles. The summed E-state index contributed by atoms with van der Waals surface area (Å²) in [6.07, 6.45) is 3.66. The zero-order valence-corrected chi connectivity index (χ0v) is 20.5. The summed E-state index contributed by atoms with van der Waals surface area (Å²) in [5.74, 6) is 1.36. The lowest BCUT2D eigenvalue weighted by molar-refractivity contribution is -0.128. The van der Waals surface area contributed by atoms with E-state index in [2.05, 4.69) is 87.8 Å². The van der Waals surface area contributed by atoms with Gasteiger partial charge in [-0.25, -0.2) is 0 Å². The molecule has 0 spiro atoms. The highest BCUT2D eigenvalue weighted by Gasteiger charge is 2.22. The molecular weight excluding hydrogens is 446 g/mol. The predicted octanol–water partition coefficient (Wildman–Crippen LogP) is 4.21. The Kier molecular flexibility index (Phi) is 8.00. The highest BCUT2D eigenvalue weighted by molar-refractivity contribution is 7.99. The van der Waals surface area contributed by atoms with Crippen LogP contribution in [-0.2, 0) is 9.59 Å². The second-order valence-corrected chi connectivity index (χ2v) is 9.76. The number of thioether (sulfide) groups is 1. The van der Waals surface area contributed by atoms with Gasteiger partial charge in [0.15, 0.2) is 11.0 Å². The van der Waals surface area contributed by atoms with E-state index < -0.39 is 6.04 Å². The first-order valence-electron chi connectivity index (χ1n) is 11.8. The van der Waals surface area contributed by atoms with Crippen molar-refractivity contribution in [3.8, 4) is 17.1 Å². The van der Waals surface area contributed by atoms with Crippen LogP contribution < -0.4 is 10.6 Å². The van der Waals surface area contributed by atoms with Gasteiger partial charge in [-0.2, -0.15) is 0 Å². The SMILES string of the molecule is Cc1ccc(-c2nnc(SCCCC(=O)NC3CCCCNC3=O)n2-c2ccc(C)cc2)cc1. The van der Waals surface area contributed by atoms with Gasteiger partial charge in [-0.3, -0.25) is 14.2 Å². The first kappa shape index (κ1) is 24.0. The van der Waals surface area contributed by atoms with Gasteiger partial charge >= 0.3 is 0 Å². The molecule has 2 heterocycles. The summed E-state index contributed by atoms with van der Waals surface area (Å²) in [5.41, 5.74) is 4.40. The van der Waals surface area contributed by atoms with Crippen LogP contribution in [0.4, 0.5) is 0 Å². The van der Waals surface area contributed by atoms with E-state index in [4.69, 9.17) is 0 Å². The fourth-order valence-corrected chi connectivity index (χ4v) is 4.81. The van der Waals surface area contributed by atoms with Gasteiger partial charge in [-0.05, 0) is 51.7 Å². The van der Waals surface area contributed by atoms with E-state index in [-0.39, 0.29) is 11.8 Å². The van der Waals surface area contributed by atoms with Gasteiger partial charge in [-0.1, -0.05) is 59.3 Å². The van der Waals surface area contributed by atoms with E-state index in [1.165, 1.54) is 11.1 Å². The minimum atomic E-state index is -0.413. The minimum Gasteiger partial charge on any atom is -0.354 e. The molecule has 1 atom stereocenters. The van der Waals surface area contributed by atoms with Crippen molar-refractivity contribution in [2.45, 2.75) is 57.1 Å². The fourth-order valence-electron chi connectivity index (χ4n) is 3.92. The number of hydrogen-bond donors (Lipinski definition) is 2. The molecule has 1 aromatic heterocycles. The topological polar surface area (TPSA) is 88.9 Å². The van der Waals surface area contributed by atoms with Crippen molar-refractivity contribution in [3.63, 3.8) is 0 Å². The van der Waals surface area contributed by atoms with Crippen LogP contribution in [-0.4, -0.2) is 44.9 Å². The molecule has 1 aliphatic heterocycles. The first-order valence-corrected chi connectivity index (χ1v) is 12.8. The summed E-state index contributed by atoms with van der Waals surface area (Å²) in [6, 6.07) is 16.2. The van der Waals surface area contributed by atoms with Gasteiger partial charge in [0, 0.05) is 30.0 Å². The maximum Gasteiger partial charge on any atom is 0.242 e. The zero-order chi connectivity index (χ0) is 23.9. The molecule has 1 aliphatic rings. The van der Waals surface area contributed by atoms with Crippen molar-refractivity contribution >= 4 is 23.6 Å².